The van der Waals surface area contributed by atoms with Gasteiger partial charge in [-0.2, -0.15) is 5.26 Å². The number of aromatic nitrogens is 1. The maximum atomic E-state index is 10.9. The molecule has 0 aromatic carbocycles. The Morgan fingerprint density at radius 3 is 2.65 bits per heavy atom. The van der Waals surface area contributed by atoms with Gasteiger partial charge in [0.25, 0.3) is 0 Å². The van der Waals surface area contributed by atoms with Crippen LogP contribution in [0.25, 0.3) is 5.00 Å². The van der Waals surface area contributed by atoms with E-state index in [2.05, 4.69) is 6.07 Å². The van der Waals surface area contributed by atoms with Crippen LogP contribution in [-0.2, 0) is 0 Å². The number of hydrogen-bond acceptors (Lipinski definition) is 3. The second-order valence-corrected chi connectivity index (χ2v) is 4.85. The molecule has 0 saturated carbocycles. The lowest BCUT2D eigenvalue weighted by Crippen LogP contribution is -1.99. The number of nitrogens with zero attached hydrogens (tertiary/aromatic N) is 2. The van der Waals surface area contributed by atoms with Crippen LogP contribution in [0.1, 0.15) is 32.9 Å². The Bertz CT molecular complexity index is 629. The highest BCUT2D eigenvalue weighted by molar-refractivity contribution is 7.13. The van der Waals surface area contributed by atoms with Crippen LogP contribution in [0, 0.1) is 32.1 Å². The van der Waals surface area contributed by atoms with Crippen molar-refractivity contribution in [3.8, 4) is 11.1 Å². The van der Waals surface area contributed by atoms with Crippen molar-refractivity contribution in [2.75, 3.05) is 0 Å². The minimum atomic E-state index is 0.678. The summed E-state index contributed by atoms with van der Waals surface area (Å²) in [5.74, 6) is 0. The lowest BCUT2D eigenvalue weighted by Gasteiger charge is -2.07. The fourth-order valence-electron chi connectivity index (χ4n) is 1.95. The molecular weight excluding hydrogens is 232 g/mol. The van der Waals surface area contributed by atoms with Crippen LogP contribution in [0.5, 0.6) is 0 Å². The molecule has 2 aromatic rings. The summed E-state index contributed by atoms with van der Waals surface area (Å²) in [6.07, 6.45) is 0.853. The van der Waals surface area contributed by atoms with Crippen LogP contribution in [0.15, 0.2) is 11.4 Å². The Morgan fingerprint density at radius 2 is 2.12 bits per heavy atom. The molecule has 0 fully saturated rings. The van der Waals surface area contributed by atoms with Crippen molar-refractivity contribution < 1.29 is 4.79 Å². The van der Waals surface area contributed by atoms with E-state index in [-0.39, 0.29) is 0 Å². The summed E-state index contributed by atoms with van der Waals surface area (Å²) in [5.41, 5.74) is 4.21. The Hall–Kier alpha value is -1.86. The average Bonchev–Trinajstić information content (AvgIpc) is 2.79. The number of hydrogen-bond donors (Lipinski definition) is 0. The molecule has 4 heteroatoms. The van der Waals surface area contributed by atoms with Crippen LogP contribution < -0.4 is 0 Å². The van der Waals surface area contributed by atoms with E-state index in [0.717, 1.165) is 28.2 Å². The second-order valence-electron chi connectivity index (χ2n) is 3.99. The quantitative estimate of drug-likeness (QED) is 0.762. The highest BCUT2D eigenvalue weighted by Crippen LogP contribution is 2.29. The van der Waals surface area contributed by atoms with Crippen molar-refractivity contribution in [2.45, 2.75) is 20.8 Å². The molecule has 0 saturated heterocycles. The van der Waals surface area contributed by atoms with Crippen molar-refractivity contribution in [2.24, 2.45) is 0 Å². The van der Waals surface area contributed by atoms with Gasteiger partial charge < -0.3 is 4.57 Å². The maximum Gasteiger partial charge on any atom is 0.151 e. The fraction of sp³-hybridized carbons (Fsp3) is 0.231. The second kappa shape index (κ2) is 4.19. The maximum absolute atomic E-state index is 10.9. The van der Waals surface area contributed by atoms with Crippen LogP contribution in [-0.4, -0.2) is 10.9 Å². The molecular formula is C13H12N2OS. The summed E-state index contributed by atoms with van der Waals surface area (Å²) in [7, 11) is 0. The fourth-order valence-corrected chi connectivity index (χ4v) is 3.07. The normalized spacial score (nSPS) is 10.2. The summed E-state index contributed by atoms with van der Waals surface area (Å²) in [6.45, 7) is 5.76. The van der Waals surface area contributed by atoms with Gasteiger partial charge in [-0.25, -0.2) is 0 Å². The van der Waals surface area contributed by atoms with E-state index < -0.39 is 0 Å². The van der Waals surface area contributed by atoms with Gasteiger partial charge in [0.15, 0.2) is 6.29 Å². The summed E-state index contributed by atoms with van der Waals surface area (Å²) < 4.78 is 1.97. The first-order valence-electron chi connectivity index (χ1n) is 5.22. The molecule has 0 bridgehead atoms. The topological polar surface area (TPSA) is 45.8 Å². The van der Waals surface area contributed by atoms with Gasteiger partial charge in [-0.15, -0.1) is 11.3 Å². The van der Waals surface area contributed by atoms with E-state index in [9.17, 15) is 4.79 Å². The number of aldehydes is 1. The zero-order chi connectivity index (χ0) is 12.6. The van der Waals surface area contributed by atoms with Crippen LogP contribution >= 0.6 is 11.3 Å². The predicted molar refractivity (Wildman–Crippen MR) is 68.0 cm³/mol. The highest BCUT2D eigenvalue weighted by atomic mass is 32.1. The molecule has 17 heavy (non-hydrogen) atoms. The third kappa shape index (κ3) is 1.69. The van der Waals surface area contributed by atoms with E-state index in [1.807, 2.05) is 36.8 Å². The van der Waals surface area contributed by atoms with Crippen molar-refractivity contribution in [3.63, 3.8) is 0 Å². The summed E-state index contributed by atoms with van der Waals surface area (Å²) in [6, 6.07) is 4.07. The summed E-state index contributed by atoms with van der Waals surface area (Å²) >= 11 is 1.53. The van der Waals surface area contributed by atoms with Crippen molar-refractivity contribution >= 4 is 17.6 Å². The largest absolute Gasteiger partial charge is 0.308 e. The molecule has 0 atom stereocenters. The molecule has 0 aliphatic carbocycles. The van der Waals surface area contributed by atoms with Crippen LogP contribution in [0.3, 0.4) is 0 Å². The minimum absolute atomic E-state index is 0.678. The highest BCUT2D eigenvalue weighted by Gasteiger charge is 2.16. The first-order valence-corrected chi connectivity index (χ1v) is 6.10. The van der Waals surface area contributed by atoms with Gasteiger partial charge >= 0.3 is 0 Å². The van der Waals surface area contributed by atoms with Crippen molar-refractivity contribution in [1.29, 1.82) is 5.26 Å². The molecule has 0 N–H and O–H groups in total. The average molecular weight is 244 g/mol. The Labute approximate surface area is 104 Å². The third-order valence-electron chi connectivity index (χ3n) is 2.87. The Balaban J connectivity index is 2.73. The Kier molecular flexibility index (Phi) is 2.86. The number of aryl methyl sites for hydroxylation is 2. The number of carbonyl (C=O) groups is 1. The van der Waals surface area contributed by atoms with Crippen molar-refractivity contribution in [1.82, 2.24) is 4.57 Å². The number of rotatable bonds is 2. The van der Waals surface area contributed by atoms with Crippen molar-refractivity contribution in [3.05, 3.63) is 39.5 Å². The molecule has 0 spiro atoms. The number of nitriles is 1. The zero-order valence-electron chi connectivity index (χ0n) is 9.94. The van der Waals surface area contributed by atoms with Gasteiger partial charge in [-0.05, 0) is 37.8 Å². The van der Waals surface area contributed by atoms with Crippen LogP contribution in [0.2, 0.25) is 0 Å². The van der Waals surface area contributed by atoms with Gasteiger partial charge in [-0.1, -0.05) is 0 Å². The van der Waals surface area contributed by atoms with E-state index in [1.165, 1.54) is 11.3 Å². The number of thiophene rings is 1. The summed E-state index contributed by atoms with van der Waals surface area (Å²) in [5, 5.41) is 12.0. The first-order chi connectivity index (χ1) is 8.10. The lowest BCUT2D eigenvalue weighted by molar-refractivity contribution is 0.112. The zero-order valence-corrected chi connectivity index (χ0v) is 10.8. The van der Waals surface area contributed by atoms with Crippen LogP contribution in [0.4, 0.5) is 0 Å². The standard InChI is InChI=1S/C13H12N2OS/c1-8-7-17-13(12(8)5-14)15-9(2)4-11(6-16)10(15)3/h4,6-7H,1-3H3. The molecule has 0 radical (unpaired) electrons. The molecule has 3 nitrogen and oxygen atoms in total. The van der Waals surface area contributed by atoms with Gasteiger partial charge in [0, 0.05) is 17.0 Å². The monoisotopic (exact) mass is 244 g/mol. The van der Waals surface area contributed by atoms with E-state index in [4.69, 9.17) is 5.26 Å². The summed E-state index contributed by atoms with van der Waals surface area (Å²) in [4.78, 5) is 10.9. The first kappa shape index (κ1) is 11.6. The molecule has 2 heterocycles. The SMILES string of the molecule is Cc1csc(-n2c(C)cc(C=O)c2C)c1C#N. The number of carbonyl (C=O) groups excluding carboxylic acids is 1. The van der Waals surface area contributed by atoms with Gasteiger partial charge in [0.1, 0.15) is 11.1 Å². The van der Waals surface area contributed by atoms with E-state index >= 15 is 0 Å². The molecule has 0 amide bonds. The van der Waals surface area contributed by atoms with Gasteiger partial charge in [0.2, 0.25) is 0 Å². The smallest absolute Gasteiger partial charge is 0.151 e. The lowest BCUT2D eigenvalue weighted by atomic mass is 10.2. The molecule has 0 unspecified atom stereocenters. The van der Waals surface area contributed by atoms with E-state index in [1.54, 1.807) is 0 Å². The molecule has 0 aliphatic heterocycles. The van der Waals surface area contributed by atoms with Gasteiger partial charge in [-0.3, -0.25) is 4.79 Å². The van der Waals surface area contributed by atoms with E-state index in [0.29, 0.717) is 11.1 Å². The molecule has 0 aliphatic rings. The minimum Gasteiger partial charge on any atom is -0.308 e. The molecule has 2 rings (SSSR count). The molecule has 2 aromatic heterocycles. The predicted octanol–water partition coefficient (Wildman–Crippen LogP) is 3.15. The third-order valence-corrected chi connectivity index (χ3v) is 3.95. The molecule has 86 valence electrons. The van der Waals surface area contributed by atoms with Gasteiger partial charge in [0.05, 0.1) is 5.56 Å². The Morgan fingerprint density at radius 1 is 1.41 bits per heavy atom.